The lowest BCUT2D eigenvalue weighted by molar-refractivity contribution is -0.142. The molecule has 0 bridgehead atoms. The van der Waals surface area contributed by atoms with Crippen LogP contribution < -0.4 is 15.5 Å². The van der Waals surface area contributed by atoms with Crippen LogP contribution >= 0.6 is 0 Å². The fourth-order valence-corrected chi connectivity index (χ4v) is 6.75. The number of rotatable bonds is 18. The lowest BCUT2D eigenvalue weighted by atomic mass is 10.1. The number of esters is 1. The maximum absolute atomic E-state index is 13.7. The van der Waals surface area contributed by atoms with Crippen molar-refractivity contribution < 1.29 is 31.7 Å². The molecule has 0 aliphatic rings. The molecule has 0 saturated carbocycles. The second-order valence-electron chi connectivity index (χ2n) is 12.9. The molecule has 4 aromatic carbocycles. The first-order valence-corrected chi connectivity index (χ1v) is 19.5. The van der Waals surface area contributed by atoms with Gasteiger partial charge >= 0.3 is 5.97 Å². The minimum absolute atomic E-state index is 0.0171. The van der Waals surface area contributed by atoms with Crippen LogP contribution in [0.1, 0.15) is 66.3 Å². The van der Waals surface area contributed by atoms with Crippen LogP contribution in [0.5, 0.6) is 0 Å². The molecule has 0 fully saturated rings. The van der Waals surface area contributed by atoms with Crippen LogP contribution in [0.4, 0.5) is 11.4 Å². The summed E-state index contributed by atoms with van der Waals surface area (Å²) in [4.78, 5) is 44.7. The normalized spacial score (nSPS) is 11.3. The molecule has 0 saturated heterocycles. The number of carbonyl (C=O) groups is 3. The first kappa shape index (κ1) is 40.3. The number of imidazole rings is 1. The Morgan fingerprint density at radius 3 is 2.29 bits per heavy atom. The predicted molar refractivity (Wildman–Crippen MR) is 212 cm³/mol. The molecule has 288 valence electrons. The number of hydrogen-bond acceptors (Lipinski definition) is 10. The Morgan fingerprint density at radius 2 is 1.58 bits per heavy atom. The van der Waals surface area contributed by atoms with E-state index in [1.54, 1.807) is 48.2 Å². The Labute approximate surface area is 321 Å². The van der Waals surface area contributed by atoms with Gasteiger partial charge in [-0.1, -0.05) is 42.3 Å². The number of ether oxygens (including phenoxy) is 1. The standard InChI is InChI=1S/C41H46N6O7S/c1-4-53-39(49)24-25-47(33-11-7-5-8-12-33)41(50)31-18-23-36-35(27-31)44-37(46(36)3)28-43-32-19-16-30(17-20-32)40(42)45-38(48)13-9-6-10-26-54-55(51,52)34-21-14-29(2)15-22-34/h5,7-8,11-12,14-23,27,43H,4,6,9-10,13,24-26,28H2,1-3H3,(H2,42,45,48). The van der Waals surface area contributed by atoms with Crippen LogP contribution in [0.15, 0.2) is 102 Å². The highest BCUT2D eigenvalue weighted by atomic mass is 32.2. The minimum Gasteiger partial charge on any atom is -0.466 e. The number of nitrogens with one attached hydrogen (secondary N) is 3. The van der Waals surface area contributed by atoms with E-state index in [1.165, 1.54) is 12.1 Å². The number of benzene rings is 4. The number of anilines is 2. The molecular weight excluding hydrogens is 721 g/mol. The van der Waals surface area contributed by atoms with Gasteiger partial charge in [-0.25, -0.2) is 4.98 Å². The van der Waals surface area contributed by atoms with E-state index in [0.29, 0.717) is 48.1 Å². The van der Waals surface area contributed by atoms with E-state index < -0.39 is 10.1 Å². The van der Waals surface area contributed by atoms with Crippen molar-refractivity contribution in [3.63, 3.8) is 0 Å². The average molecular weight is 767 g/mol. The summed E-state index contributed by atoms with van der Waals surface area (Å²) in [5.74, 6) is -0.190. The summed E-state index contributed by atoms with van der Waals surface area (Å²) in [6.45, 7) is 4.49. The SMILES string of the molecule is CCOC(=O)CCN(C(=O)c1ccc2c(c1)nc(CNc1ccc(C(=N)NC(=O)CCCCCOS(=O)(=O)c3ccc(C)cc3)cc1)n2C)c1ccccc1. The second kappa shape index (κ2) is 18.9. The lowest BCUT2D eigenvalue weighted by Crippen LogP contribution is -2.33. The number of aromatic nitrogens is 2. The van der Waals surface area contributed by atoms with Crippen LogP contribution in [-0.4, -0.2) is 61.3 Å². The van der Waals surface area contributed by atoms with E-state index in [0.717, 1.165) is 22.6 Å². The number of aryl methyl sites for hydroxylation is 2. The molecule has 0 unspecified atom stereocenters. The summed E-state index contributed by atoms with van der Waals surface area (Å²) in [6, 6.07) is 28.1. The van der Waals surface area contributed by atoms with Gasteiger partial charge in [0.15, 0.2) is 0 Å². The number of amidine groups is 1. The Kier molecular flexibility index (Phi) is 13.9. The first-order valence-electron chi connectivity index (χ1n) is 18.1. The van der Waals surface area contributed by atoms with Crippen LogP contribution in [0.3, 0.4) is 0 Å². The Hall–Kier alpha value is -5.86. The quantitative estimate of drug-likeness (QED) is 0.0296. The lowest BCUT2D eigenvalue weighted by Gasteiger charge is -2.22. The average Bonchev–Trinajstić information content (AvgIpc) is 3.50. The molecular formula is C41H46N6O7S. The topological polar surface area (TPSA) is 173 Å². The van der Waals surface area contributed by atoms with E-state index in [4.69, 9.17) is 19.3 Å². The Balaban J connectivity index is 1.09. The van der Waals surface area contributed by atoms with Gasteiger partial charge in [0, 0.05) is 42.5 Å². The summed E-state index contributed by atoms with van der Waals surface area (Å²) in [7, 11) is -1.91. The zero-order valence-corrected chi connectivity index (χ0v) is 32.0. The van der Waals surface area contributed by atoms with Crippen molar-refractivity contribution in [3.05, 3.63) is 120 Å². The van der Waals surface area contributed by atoms with Gasteiger partial charge in [-0.15, -0.1) is 0 Å². The second-order valence-corrected chi connectivity index (χ2v) is 14.5. The minimum atomic E-state index is -3.81. The highest BCUT2D eigenvalue weighted by Gasteiger charge is 2.21. The molecule has 55 heavy (non-hydrogen) atoms. The Morgan fingerprint density at radius 1 is 0.873 bits per heavy atom. The largest absolute Gasteiger partial charge is 0.466 e. The fourth-order valence-electron chi connectivity index (χ4n) is 5.80. The fraction of sp³-hybridized carbons (Fsp3) is 0.293. The molecule has 1 aromatic heterocycles. The van der Waals surface area contributed by atoms with E-state index >= 15 is 0 Å². The number of nitrogens with zero attached hydrogens (tertiary/aromatic N) is 3. The molecule has 1 heterocycles. The van der Waals surface area contributed by atoms with Crippen LogP contribution in [0, 0.1) is 12.3 Å². The van der Waals surface area contributed by atoms with Gasteiger partial charge in [0.25, 0.3) is 16.0 Å². The van der Waals surface area contributed by atoms with Gasteiger partial charge in [-0.05, 0) is 93.4 Å². The summed E-state index contributed by atoms with van der Waals surface area (Å²) in [5.41, 5.74) is 4.92. The van der Waals surface area contributed by atoms with Crippen molar-refractivity contribution in [2.75, 3.05) is 30.0 Å². The molecule has 5 rings (SSSR count). The molecule has 0 aliphatic carbocycles. The molecule has 2 amide bonds. The summed E-state index contributed by atoms with van der Waals surface area (Å²) in [6.07, 6.45) is 1.87. The van der Waals surface area contributed by atoms with Gasteiger partial charge < -0.3 is 24.8 Å². The van der Waals surface area contributed by atoms with E-state index in [9.17, 15) is 22.8 Å². The van der Waals surface area contributed by atoms with Crippen molar-refractivity contribution >= 4 is 56.1 Å². The van der Waals surface area contributed by atoms with Crippen molar-refractivity contribution in [3.8, 4) is 0 Å². The van der Waals surface area contributed by atoms with Gasteiger partial charge in [-0.3, -0.25) is 24.0 Å². The predicted octanol–water partition coefficient (Wildman–Crippen LogP) is 6.50. The molecule has 13 nitrogen and oxygen atoms in total. The maximum atomic E-state index is 13.7. The first-order chi connectivity index (χ1) is 26.4. The highest BCUT2D eigenvalue weighted by Crippen LogP contribution is 2.23. The van der Waals surface area contributed by atoms with Crippen molar-refractivity contribution in [2.24, 2.45) is 7.05 Å². The van der Waals surface area contributed by atoms with Gasteiger partial charge in [0.2, 0.25) is 5.91 Å². The summed E-state index contributed by atoms with van der Waals surface area (Å²) < 4.78 is 36.7. The summed E-state index contributed by atoms with van der Waals surface area (Å²) in [5, 5.41) is 14.3. The maximum Gasteiger partial charge on any atom is 0.307 e. The van der Waals surface area contributed by atoms with Crippen molar-refractivity contribution in [2.45, 2.75) is 57.4 Å². The van der Waals surface area contributed by atoms with E-state index in [-0.39, 0.29) is 61.1 Å². The molecule has 0 spiro atoms. The molecule has 0 radical (unpaired) electrons. The van der Waals surface area contributed by atoms with Crippen molar-refractivity contribution in [1.82, 2.24) is 14.9 Å². The molecule has 3 N–H and O–H groups in total. The molecule has 0 atom stereocenters. The summed E-state index contributed by atoms with van der Waals surface area (Å²) >= 11 is 0. The monoisotopic (exact) mass is 766 g/mol. The number of carbonyl (C=O) groups excluding carboxylic acids is 3. The Bertz CT molecular complexity index is 2220. The smallest absolute Gasteiger partial charge is 0.307 e. The highest BCUT2D eigenvalue weighted by molar-refractivity contribution is 7.86. The van der Waals surface area contributed by atoms with Crippen molar-refractivity contribution in [1.29, 1.82) is 5.41 Å². The van der Waals surface area contributed by atoms with Crippen LogP contribution in [-0.2, 0) is 42.2 Å². The number of fused-ring (bicyclic) bond motifs is 1. The zero-order chi connectivity index (χ0) is 39.4. The molecule has 14 heteroatoms. The van der Waals surface area contributed by atoms with E-state index in [1.807, 2.05) is 67.1 Å². The number of hydrogen-bond donors (Lipinski definition) is 3. The zero-order valence-electron chi connectivity index (χ0n) is 31.2. The molecule has 5 aromatic rings. The number of unbranched alkanes of at least 4 members (excludes halogenated alkanes) is 2. The van der Waals surface area contributed by atoms with E-state index in [2.05, 4.69) is 10.6 Å². The third-order valence-electron chi connectivity index (χ3n) is 8.86. The number of amides is 2. The van der Waals surface area contributed by atoms with Gasteiger partial charge in [0.1, 0.15) is 11.7 Å². The third-order valence-corrected chi connectivity index (χ3v) is 10.2. The van der Waals surface area contributed by atoms with Crippen LogP contribution in [0.25, 0.3) is 11.0 Å². The van der Waals surface area contributed by atoms with Gasteiger partial charge in [-0.2, -0.15) is 8.42 Å². The molecule has 0 aliphatic heterocycles. The van der Waals surface area contributed by atoms with Crippen LogP contribution in [0.2, 0.25) is 0 Å². The number of para-hydroxylation sites is 1. The van der Waals surface area contributed by atoms with Gasteiger partial charge in [0.05, 0.1) is 42.1 Å². The third kappa shape index (κ3) is 11.1.